The Hall–Kier alpha value is -1.45. The number of rotatable bonds is 6. The summed E-state index contributed by atoms with van der Waals surface area (Å²) in [6.45, 7) is 4.60. The summed E-state index contributed by atoms with van der Waals surface area (Å²) in [6, 6.07) is 17.5. The van der Waals surface area contributed by atoms with Gasteiger partial charge in [-0.1, -0.05) is 57.0 Å². The molecule has 0 bridgehead atoms. The molecule has 0 amide bonds. The minimum absolute atomic E-state index is 0.174. The van der Waals surface area contributed by atoms with Crippen LogP contribution in [0.3, 0.4) is 0 Å². The van der Waals surface area contributed by atoms with Crippen LogP contribution in [0.4, 0.5) is 0 Å². The first kappa shape index (κ1) is 18.3. The number of hydrogen-bond donors (Lipinski definition) is 1. The van der Waals surface area contributed by atoms with Gasteiger partial charge in [-0.3, -0.25) is 5.32 Å². The number of benzene rings is 2. The van der Waals surface area contributed by atoms with Gasteiger partial charge in [0.1, 0.15) is 5.75 Å². The van der Waals surface area contributed by atoms with Gasteiger partial charge in [-0.25, -0.2) is 0 Å². The van der Waals surface area contributed by atoms with E-state index in [0.29, 0.717) is 0 Å². The Morgan fingerprint density at radius 1 is 1.16 bits per heavy atom. The van der Waals surface area contributed by atoms with Crippen LogP contribution in [0.15, 0.2) is 53.4 Å². The summed E-state index contributed by atoms with van der Waals surface area (Å²) < 4.78 is 5.51. The van der Waals surface area contributed by atoms with Gasteiger partial charge in [-0.15, -0.1) is 11.8 Å². The second kappa shape index (κ2) is 8.29. The highest BCUT2D eigenvalue weighted by Gasteiger charge is 2.35. The van der Waals surface area contributed by atoms with Crippen LogP contribution in [0.25, 0.3) is 0 Å². The number of unbranched alkanes of at least 4 members (excludes halogenated alkanes) is 1. The van der Waals surface area contributed by atoms with Gasteiger partial charge in [0.2, 0.25) is 0 Å². The number of nitrogens with one attached hydrogen (secondary N) is 1. The quantitative estimate of drug-likeness (QED) is 0.705. The van der Waals surface area contributed by atoms with Crippen LogP contribution >= 0.6 is 11.8 Å². The Bertz CT molecular complexity index is 688. The summed E-state index contributed by atoms with van der Waals surface area (Å²) >= 11 is 1.99. The molecule has 134 valence electrons. The van der Waals surface area contributed by atoms with Gasteiger partial charge in [-0.05, 0) is 42.2 Å². The maximum Gasteiger partial charge on any atom is 0.119 e. The van der Waals surface area contributed by atoms with Crippen molar-refractivity contribution in [3.05, 3.63) is 59.7 Å². The molecule has 1 aliphatic rings. The molecule has 3 rings (SSSR count). The predicted octanol–water partition coefficient (Wildman–Crippen LogP) is 5.82. The second-order valence-corrected chi connectivity index (χ2v) is 7.94. The lowest BCUT2D eigenvalue weighted by atomic mass is 9.88. The number of thioether (sulfide) groups is 1. The summed E-state index contributed by atoms with van der Waals surface area (Å²) in [5.41, 5.74) is 2.84. The smallest absolute Gasteiger partial charge is 0.119 e. The fourth-order valence-corrected chi connectivity index (χ4v) is 4.97. The average Bonchev–Trinajstić information content (AvgIpc) is 2.84. The zero-order valence-electron chi connectivity index (χ0n) is 15.5. The largest absolute Gasteiger partial charge is 0.497 e. The molecule has 3 heteroatoms. The normalized spacial score (nSPS) is 22.9. The summed E-state index contributed by atoms with van der Waals surface area (Å²) in [4.78, 5) is 1.37. The van der Waals surface area contributed by atoms with Crippen LogP contribution in [-0.4, -0.2) is 18.4 Å². The number of ether oxygens (including phenoxy) is 1. The molecule has 0 aromatic heterocycles. The van der Waals surface area contributed by atoms with Gasteiger partial charge in [0.25, 0.3) is 0 Å². The van der Waals surface area contributed by atoms with E-state index in [0.717, 1.165) is 17.9 Å². The third kappa shape index (κ3) is 4.04. The Morgan fingerprint density at radius 2 is 1.96 bits per heavy atom. The molecule has 0 radical (unpaired) electrons. The van der Waals surface area contributed by atoms with E-state index in [1.54, 1.807) is 7.11 Å². The van der Waals surface area contributed by atoms with E-state index < -0.39 is 0 Å². The van der Waals surface area contributed by atoms with Crippen LogP contribution in [0.2, 0.25) is 0 Å². The highest BCUT2D eigenvalue weighted by atomic mass is 32.2. The molecule has 1 heterocycles. The van der Waals surface area contributed by atoms with Crippen molar-refractivity contribution >= 4 is 11.8 Å². The van der Waals surface area contributed by atoms with Gasteiger partial charge in [0.05, 0.1) is 13.2 Å². The minimum Gasteiger partial charge on any atom is -0.497 e. The molecule has 0 spiro atoms. The first-order valence-corrected chi connectivity index (χ1v) is 10.3. The molecule has 2 aromatic carbocycles. The standard InChI is InChI=1S/C22H29NOS/c1-4-6-14-22(5-2)16-25-20-13-12-18(24-3)15-19(20)21(23-22)17-10-8-7-9-11-17/h7-13,15,21,23H,4-6,14,16H2,1-3H3/t21-,22-/m1/s1. The average molecular weight is 356 g/mol. The lowest BCUT2D eigenvalue weighted by molar-refractivity contribution is 0.297. The highest BCUT2D eigenvalue weighted by molar-refractivity contribution is 7.99. The second-order valence-electron chi connectivity index (χ2n) is 6.92. The van der Waals surface area contributed by atoms with E-state index in [4.69, 9.17) is 4.74 Å². The summed E-state index contributed by atoms with van der Waals surface area (Å²) in [7, 11) is 1.74. The maximum atomic E-state index is 5.51. The molecular formula is C22H29NOS. The van der Waals surface area contributed by atoms with E-state index in [1.165, 1.54) is 35.3 Å². The van der Waals surface area contributed by atoms with E-state index in [9.17, 15) is 0 Å². The monoisotopic (exact) mass is 355 g/mol. The van der Waals surface area contributed by atoms with Gasteiger partial charge in [0.15, 0.2) is 0 Å². The van der Waals surface area contributed by atoms with Crippen LogP contribution in [0, 0.1) is 0 Å². The molecule has 0 fully saturated rings. The topological polar surface area (TPSA) is 21.3 Å². The van der Waals surface area contributed by atoms with Crippen LogP contribution in [0.5, 0.6) is 5.75 Å². The molecule has 2 nitrogen and oxygen atoms in total. The SMILES string of the molecule is CCCC[C@]1(CC)CSc2ccc(OC)cc2[C@@H](c2ccccc2)N1. The van der Waals surface area contributed by atoms with Crippen molar-refractivity contribution in [1.82, 2.24) is 5.32 Å². The number of fused-ring (bicyclic) bond motifs is 1. The summed E-state index contributed by atoms with van der Waals surface area (Å²) in [5.74, 6) is 2.05. The fraction of sp³-hybridized carbons (Fsp3) is 0.455. The fourth-order valence-electron chi connectivity index (χ4n) is 3.60. The minimum atomic E-state index is 0.174. The third-order valence-corrected chi connectivity index (χ3v) is 6.68. The molecule has 0 unspecified atom stereocenters. The lowest BCUT2D eigenvalue weighted by Gasteiger charge is -2.36. The summed E-state index contributed by atoms with van der Waals surface area (Å²) in [5, 5.41) is 4.06. The Balaban J connectivity index is 2.05. The van der Waals surface area contributed by atoms with E-state index in [-0.39, 0.29) is 11.6 Å². The van der Waals surface area contributed by atoms with Crippen molar-refractivity contribution < 1.29 is 4.74 Å². The zero-order valence-corrected chi connectivity index (χ0v) is 16.4. The Morgan fingerprint density at radius 3 is 2.64 bits per heavy atom. The van der Waals surface area contributed by atoms with Crippen molar-refractivity contribution in [2.45, 2.75) is 56.0 Å². The lowest BCUT2D eigenvalue weighted by Crippen LogP contribution is -2.48. The molecule has 0 saturated heterocycles. The Labute approximate surface area is 156 Å². The van der Waals surface area contributed by atoms with Gasteiger partial charge >= 0.3 is 0 Å². The molecule has 2 atom stereocenters. The van der Waals surface area contributed by atoms with E-state index in [2.05, 4.69) is 67.7 Å². The molecule has 25 heavy (non-hydrogen) atoms. The van der Waals surface area contributed by atoms with Gasteiger partial charge in [0, 0.05) is 16.2 Å². The molecule has 1 N–H and O–H groups in total. The first-order valence-electron chi connectivity index (χ1n) is 9.34. The molecular weight excluding hydrogens is 326 g/mol. The predicted molar refractivity (Wildman–Crippen MR) is 108 cm³/mol. The van der Waals surface area contributed by atoms with Gasteiger partial charge < -0.3 is 4.74 Å². The van der Waals surface area contributed by atoms with Crippen molar-refractivity contribution in [3.63, 3.8) is 0 Å². The van der Waals surface area contributed by atoms with Crippen molar-refractivity contribution in [3.8, 4) is 5.75 Å². The Kier molecular flexibility index (Phi) is 6.08. The molecule has 0 aliphatic carbocycles. The maximum absolute atomic E-state index is 5.51. The molecule has 0 saturated carbocycles. The highest BCUT2D eigenvalue weighted by Crippen LogP contribution is 2.42. The van der Waals surface area contributed by atoms with Crippen molar-refractivity contribution in [1.29, 1.82) is 0 Å². The van der Waals surface area contributed by atoms with Crippen LogP contribution < -0.4 is 10.1 Å². The van der Waals surface area contributed by atoms with Crippen molar-refractivity contribution in [2.75, 3.05) is 12.9 Å². The zero-order chi connectivity index (χ0) is 17.7. The van der Waals surface area contributed by atoms with Crippen LogP contribution in [-0.2, 0) is 0 Å². The van der Waals surface area contributed by atoms with Gasteiger partial charge in [-0.2, -0.15) is 0 Å². The van der Waals surface area contributed by atoms with Crippen LogP contribution in [0.1, 0.15) is 56.7 Å². The van der Waals surface area contributed by atoms with Crippen molar-refractivity contribution in [2.24, 2.45) is 0 Å². The third-order valence-electron chi connectivity index (χ3n) is 5.30. The van der Waals surface area contributed by atoms with E-state index >= 15 is 0 Å². The molecule has 2 aromatic rings. The summed E-state index contributed by atoms with van der Waals surface area (Å²) in [6.07, 6.45) is 4.88. The molecule has 1 aliphatic heterocycles. The number of methoxy groups -OCH3 is 1. The number of hydrogen-bond acceptors (Lipinski definition) is 3. The first-order chi connectivity index (χ1) is 12.2. The van der Waals surface area contributed by atoms with E-state index in [1.807, 2.05) is 11.8 Å².